The number of carboxylic acid groups (broad SMARTS) is 1. The van der Waals surface area contributed by atoms with Crippen molar-refractivity contribution < 1.29 is 33.3 Å². The molecule has 4 nitrogen and oxygen atoms in total. The number of aliphatic carboxylic acids is 1. The van der Waals surface area contributed by atoms with Crippen LogP contribution in [0.4, 0.5) is 13.2 Å². The smallest absolute Gasteiger partial charge is 0.389 e. The minimum absolute atomic E-state index is 0.0387. The topological polar surface area (TPSA) is 77.8 Å². The number of carbonyl (C=O) groups is 1. The maximum absolute atomic E-state index is 12.2. The average Bonchev–Trinajstić information content (AvgIpc) is 2.92. The molecule has 0 spiro atoms. The third-order valence-corrected chi connectivity index (χ3v) is 7.23. The van der Waals surface area contributed by atoms with E-state index in [0.29, 0.717) is 25.0 Å². The van der Waals surface area contributed by atoms with Gasteiger partial charge < -0.3 is 15.3 Å². The van der Waals surface area contributed by atoms with E-state index in [2.05, 4.69) is 0 Å². The second kappa shape index (κ2) is 12.3. The van der Waals surface area contributed by atoms with Crippen molar-refractivity contribution in [1.82, 2.24) is 0 Å². The van der Waals surface area contributed by atoms with Crippen LogP contribution in [0.3, 0.4) is 0 Å². The van der Waals surface area contributed by atoms with E-state index in [4.69, 9.17) is 5.11 Å². The Morgan fingerprint density at radius 3 is 2.32 bits per heavy atom. The summed E-state index contributed by atoms with van der Waals surface area (Å²) in [4.78, 5) is 10.5. The van der Waals surface area contributed by atoms with Gasteiger partial charge in [-0.3, -0.25) is 4.79 Å². The van der Waals surface area contributed by atoms with Gasteiger partial charge in [0.2, 0.25) is 0 Å². The largest absolute Gasteiger partial charge is 0.481 e. The Labute approximate surface area is 170 Å². The molecule has 1 aliphatic rings. The fourth-order valence-electron chi connectivity index (χ4n) is 3.80. The van der Waals surface area contributed by atoms with Crippen molar-refractivity contribution in [1.29, 1.82) is 0 Å². The van der Waals surface area contributed by atoms with Gasteiger partial charge in [0, 0.05) is 23.8 Å². The van der Waals surface area contributed by atoms with Gasteiger partial charge in [0.05, 0.1) is 11.7 Å². The number of aliphatic hydroxyl groups is 2. The molecule has 3 N–H and O–H groups in total. The predicted octanol–water partition coefficient (Wildman–Crippen LogP) is 5.16. The minimum Gasteiger partial charge on any atom is -0.481 e. The lowest BCUT2D eigenvalue weighted by molar-refractivity contribution is -0.137. The third-order valence-electron chi connectivity index (χ3n) is 5.43. The number of halogens is 3. The summed E-state index contributed by atoms with van der Waals surface area (Å²) in [5.74, 6) is -0.135. The van der Waals surface area contributed by atoms with E-state index in [1.807, 2.05) is 0 Å². The second-order valence-electron chi connectivity index (χ2n) is 8.32. The highest BCUT2D eigenvalue weighted by Crippen LogP contribution is 2.40. The summed E-state index contributed by atoms with van der Waals surface area (Å²) in [6.07, 6.45) is 1.62. The molecular weight excluding hydrogens is 393 g/mol. The summed E-state index contributed by atoms with van der Waals surface area (Å²) in [6, 6.07) is 0. The molecule has 0 aliphatic heterocycles. The van der Waals surface area contributed by atoms with Crippen molar-refractivity contribution >= 4 is 17.7 Å². The van der Waals surface area contributed by atoms with Gasteiger partial charge in [-0.15, -0.1) is 0 Å². The van der Waals surface area contributed by atoms with Crippen LogP contribution in [0.25, 0.3) is 0 Å². The number of hydrogen-bond donors (Lipinski definition) is 3. The van der Waals surface area contributed by atoms with Crippen LogP contribution < -0.4 is 0 Å². The average molecular weight is 429 g/mol. The summed E-state index contributed by atoms with van der Waals surface area (Å²) in [6.45, 7) is 1.68. The number of carboxylic acids is 1. The van der Waals surface area contributed by atoms with Crippen LogP contribution in [0.15, 0.2) is 0 Å². The number of thioether (sulfide) groups is 1. The Hall–Kier alpha value is -0.470. The zero-order chi connectivity index (χ0) is 21.2. The summed E-state index contributed by atoms with van der Waals surface area (Å²) in [5.41, 5.74) is -0.995. The molecule has 0 saturated heterocycles. The molecule has 166 valence electrons. The highest BCUT2D eigenvalue weighted by Gasteiger charge is 2.36. The first kappa shape index (κ1) is 25.6. The Bertz CT molecular complexity index is 457. The van der Waals surface area contributed by atoms with Gasteiger partial charge in [-0.1, -0.05) is 25.7 Å². The van der Waals surface area contributed by atoms with E-state index >= 15 is 0 Å². The molecule has 4 atom stereocenters. The molecule has 0 aromatic heterocycles. The van der Waals surface area contributed by atoms with Crippen LogP contribution in [-0.2, 0) is 4.79 Å². The highest BCUT2D eigenvalue weighted by molar-refractivity contribution is 8.00. The van der Waals surface area contributed by atoms with Gasteiger partial charge in [-0.25, -0.2) is 0 Å². The SMILES string of the molecule is CC(O)(CCCCC(F)(F)F)CSC1CCC(O)C1CCCCCCC(=O)O. The Kier molecular flexibility index (Phi) is 11.2. The standard InChI is InChI=1S/C20H35F3O4S/c1-19(27,12-6-7-13-20(21,22)23)14-28-17-11-10-16(24)15(17)8-4-2-3-5-9-18(25)26/h15-17,24,27H,2-14H2,1H3,(H,25,26). The van der Waals surface area contributed by atoms with Gasteiger partial charge in [0.25, 0.3) is 0 Å². The second-order valence-corrected chi connectivity index (χ2v) is 9.55. The molecule has 1 rings (SSSR count). The lowest BCUT2D eigenvalue weighted by Crippen LogP contribution is -2.30. The molecule has 0 heterocycles. The van der Waals surface area contributed by atoms with E-state index < -0.39 is 24.2 Å². The zero-order valence-electron chi connectivity index (χ0n) is 16.7. The van der Waals surface area contributed by atoms with E-state index in [0.717, 1.165) is 38.5 Å². The van der Waals surface area contributed by atoms with Crippen LogP contribution in [0.5, 0.6) is 0 Å². The summed E-state index contributed by atoms with van der Waals surface area (Å²) < 4.78 is 36.6. The van der Waals surface area contributed by atoms with Crippen LogP contribution in [0.1, 0.15) is 84.0 Å². The van der Waals surface area contributed by atoms with Gasteiger partial charge >= 0.3 is 12.1 Å². The Morgan fingerprint density at radius 1 is 1.04 bits per heavy atom. The fraction of sp³-hybridized carbons (Fsp3) is 0.950. The fourth-order valence-corrected chi connectivity index (χ4v) is 5.38. The number of alkyl halides is 3. The van der Waals surface area contributed by atoms with Crippen LogP contribution in [0, 0.1) is 5.92 Å². The lowest BCUT2D eigenvalue weighted by Gasteiger charge is -2.27. The van der Waals surface area contributed by atoms with Crippen molar-refractivity contribution in [2.75, 3.05) is 5.75 Å². The maximum Gasteiger partial charge on any atom is 0.389 e. The van der Waals surface area contributed by atoms with E-state index in [-0.39, 0.29) is 30.1 Å². The molecule has 0 radical (unpaired) electrons. The molecule has 0 aromatic rings. The summed E-state index contributed by atoms with van der Waals surface area (Å²) >= 11 is 1.63. The van der Waals surface area contributed by atoms with Crippen molar-refractivity contribution in [3.8, 4) is 0 Å². The van der Waals surface area contributed by atoms with Gasteiger partial charge in [-0.05, 0) is 51.4 Å². The molecule has 28 heavy (non-hydrogen) atoms. The molecule has 4 unspecified atom stereocenters. The monoisotopic (exact) mass is 428 g/mol. The van der Waals surface area contributed by atoms with Gasteiger partial charge in [-0.2, -0.15) is 24.9 Å². The molecular formula is C20H35F3O4S. The van der Waals surface area contributed by atoms with E-state index in [1.165, 1.54) is 0 Å². The molecule has 1 fully saturated rings. The normalized spacial score (nSPS) is 25.0. The first-order chi connectivity index (χ1) is 13.0. The van der Waals surface area contributed by atoms with Crippen LogP contribution in [-0.4, -0.2) is 50.2 Å². The van der Waals surface area contributed by atoms with Gasteiger partial charge in [0.15, 0.2) is 0 Å². The third kappa shape index (κ3) is 11.5. The predicted molar refractivity (Wildman–Crippen MR) is 105 cm³/mol. The van der Waals surface area contributed by atoms with E-state index in [9.17, 15) is 28.2 Å². The maximum atomic E-state index is 12.2. The number of rotatable bonds is 14. The Balaban J connectivity index is 2.27. The molecule has 1 saturated carbocycles. The highest BCUT2D eigenvalue weighted by atomic mass is 32.2. The summed E-state index contributed by atoms with van der Waals surface area (Å²) in [7, 11) is 0. The van der Waals surface area contributed by atoms with Crippen molar-refractivity contribution in [2.45, 2.75) is 107 Å². The van der Waals surface area contributed by atoms with Crippen molar-refractivity contribution in [3.63, 3.8) is 0 Å². The lowest BCUT2D eigenvalue weighted by atomic mass is 9.97. The molecule has 0 bridgehead atoms. The van der Waals surface area contributed by atoms with Crippen molar-refractivity contribution in [2.24, 2.45) is 5.92 Å². The minimum atomic E-state index is -4.14. The quantitative estimate of drug-likeness (QED) is 0.333. The number of aliphatic hydroxyl groups excluding tert-OH is 1. The first-order valence-electron chi connectivity index (χ1n) is 10.3. The van der Waals surface area contributed by atoms with E-state index in [1.54, 1.807) is 18.7 Å². The first-order valence-corrected chi connectivity index (χ1v) is 11.4. The summed E-state index contributed by atoms with van der Waals surface area (Å²) in [5, 5.41) is 29.6. The molecule has 1 aliphatic carbocycles. The molecule has 8 heteroatoms. The van der Waals surface area contributed by atoms with Crippen molar-refractivity contribution in [3.05, 3.63) is 0 Å². The van der Waals surface area contributed by atoms with Crippen LogP contribution in [0.2, 0.25) is 0 Å². The van der Waals surface area contributed by atoms with Crippen LogP contribution >= 0.6 is 11.8 Å². The number of unbranched alkanes of at least 4 members (excludes halogenated alkanes) is 4. The Morgan fingerprint density at radius 2 is 1.68 bits per heavy atom. The molecule has 0 aromatic carbocycles. The molecule has 0 amide bonds. The number of hydrogen-bond acceptors (Lipinski definition) is 4. The van der Waals surface area contributed by atoms with Gasteiger partial charge in [0.1, 0.15) is 0 Å². The zero-order valence-corrected chi connectivity index (χ0v) is 17.5.